The Kier molecular flexibility index (Phi) is 3.42. The Morgan fingerprint density at radius 3 is 2.78 bits per heavy atom. The van der Waals surface area contributed by atoms with Crippen LogP contribution in [0.4, 0.5) is 15.8 Å². The minimum atomic E-state index is -0.621. The lowest BCUT2D eigenvalue weighted by molar-refractivity contribution is -0.385. The van der Waals surface area contributed by atoms with Crippen molar-refractivity contribution in [3.63, 3.8) is 0 Å². The second kappa shape index (κ2) is 5.00. The molecule has 1 aromatic carbocycles. The number of halogens is 1. The van der Waals surface area contributed by atoms with Crippen LogP contribution >= 0.6 is 0 Å². The van der Waals surface area contributed by atoms with Crippen molar-refractivity contribution in [2.75, 3.05) is 11.4 Å². The number of rotatable bonds is 5. The van der Waals surface area contributed by atoms with Crippen molar-refractivity contribution in [1.29, 1.82) is 5.26 Å². The predicted octanol–water partition coefficient (Wildman–Crippen LogP) is 2.62. The molecule has 2 rings (SSSR count). The SMILES string of the molecule is N#CCCN(c1ccc([N+](=O)[O-])cc1F)C1CC1. The molecule has 94 valence electrons. The Balaban J connectivity index is 2.25. The maximum absolute atomic E-state index is 13.8. The number of nitro groups is 1. The van der Waals surface area contributed by atoms with Gasteiger partial charge in [-0.25, -0.2) is 4.39 Å². The summed E-state index contributed by atoms with van der Waals surface area (Å²) < 4.78 is 13.8. The van der Waals surface area contributed by atoms with E-state index in [1.165, 1.54) is 12.1 Å². The van der Waals surface area contributed by atoms with E-state index >= 15 is 0 Å². The number of nitriles is 1. The highest BCUT2D eigenvalue weighted by Crippen LogP contribution is 2.34. The summed E-state index contributed by atoms with van der Waals surface area (Å²) in [6.07, 6.45) is 2.26. The van der Waals surface area contributed by atoms with E-state index in [2.05, 4.69) is 0 Å². The lowest BCUT2D eigenvalue weighted by Crippen LogP contribution is -2.27. The van der Waals surface area contributed by atoms with Gasteiger partial charge in [-0.1, -0.05) is 0 Å². The second-order valence-electron chi connectivity index (χ2n) is 4.23. The van der Waals surface area contributed by atoms with Crippen LogP contribution in [0.1, 0.15) is 19.3 Å². The van der Waals surface area contributed by atoms with Gasteiger partial charge in [0, 0.05) is 18.7 Å². The van der Waals surface area contributed by atoms with Crippen LogP contribution in [-0.4, -0.2) is 17.5 Å². The van der Waals surface area contributed by atoms with Gasteiger partial charge in [0.2, 0.25) is 0 Å². The molecule has 1 aliphatic carbocycles. The first-order valence-electron chi connectivity index (χ1n) is 5.71. The molecule has 0 bridgehead atoms. The molecule has 0 aliphatic heterocycles. The highest BCUT2D eigenvalue weighted by atomic mass is 19.1. The summed E-state index contributed by atoms with van der Waals surface area (Å²) in [6, 6.07) is 5.93. The number of hydrogen-bond donors (Lipinski definition) is 0. The number of nitro benzene ring substituents is 1. The minimum Gasteiger partial charge on any atom is -0.365 e. The van der Waals surface area contributed by atoms with E-state index in [4.69, 9.17) is 5.26 Å². The summed E-state index contributed by atoms with van der Waals surface area (Å²) in [6.45, 7) is 0.454. The molecule has 0 unspecified atom stereocenters. The molecule has 0 spiro atoms. The zero-order valence-corrected chi connectivity index (χ0v) is 9.67. The number of benzene rings is 1. The molecular weight excluding hydrogens is 237 g/mol. The molecule has 0 N–H and O–H groups in total. The van der Waals surface area contributed by atoms with Crippen LogP contribution in [0.3, 0.4) is 0 Å². The lowest BCUT2D eigenvalue weighted by atomic mass is 10.2. The molecule has 1 saturated carbocycles. The summed E-state index contributed by atoms with van der Waals surface area (Å²) in [5.74, 6) is -0.603. The number of hydrogen-bond acceptors (Lipinski definition) is 4. The fourth-order valence-electron chi connectivity index (χ4n) is 1.90. The van der Waals surface area contributed by atoms with Crippen molar-refractivity contribution < 1.29 is 9.31 Å². The maximum Gasteiger partial charge on any atom is 0.272 e. The molecule has 1 aromatic rings. The zero-order valence-electron chi connectivity index (χ0n) is 9.67. The van der Waals surface area contributed by atoms with Crippen LogP contribution in [0.2, 0.25) is 0 Å². The van der Waals surface area contributed by atoms with Gasteiger partial charge in [0.25, 0.3) is 5.69 Å². The standard InChI is InChI=1S/C12H12FN3O2/c13-11-8-10(16(17)18)4-5-12(11)15(7-1-6-14)9-2-3-9/h4-5,8-9H,1-3,7H2. The average molecular weight is 249 g/mol. The molecule has 0 saturated heterocycles. The Labute approximate surface area is 104 Å². The van der Waals surface area contributed by atoms with Crippen LogP contribution in [0.25, 0.3) is 0 Å². The monoisotopic (exact) mass is 249 g/mol. The number of anilines is 1. The molecule has 0 radical (unpaired) electrons. The first-order chi connectivity index (χ1) is 8.63. The summed E-state index contributed by atoms with van der Waals surface area (Å²) in [7, 11) is 0. The molecule has 6 heteroatoms. The molecule has 1 aliphatic rings. The lowest BCUT2D eigenvalue weighted by Gasteiger charge is -2.23. The van der Waals surface area contributed by atoms with Gasteiger partial charge in [-0.05, 0) is 18.9 Å². The van der Waals surface area contributed by atoms with E-state index in [1.807, 2.05) is 11.0 Å². The van der Waals surface area contributed by atoms with Gasteiger partial charge in [0.05, 0.1) is 29.2 Å². The maximum atomic E-state index is 13.8. The molecule has 18 heavy (non-hydrogen) atoms. The van der Waals surface area contributed by atoms with Crippen LogP contribution < -0.4 is 4.90 Å². The topological polar surface area (TPSA) is 70.2 Å². The van der Waals surface area contributed by atoms with Gasteiger partial charge in [0.15, 0.2) is 5.82 Å². The van der Waals surface area contributed by atoms with Crippen molar-refractivity contribution in [1.82, 2.24) is 0 Å². The van der Waals surface area contributed by atoms with Crippen molar-refractivity contribution in [3.8, 4) is 6.07 Å². The summed E-state index contributed by atoms with van der Waals surface area (Å²) >= 11 is 0. The molecule has 0 aromatic heterocycles. The first-order valence-corrected chi connectivity index (χ1v) is 5.71. The van der Waals surface area contributed by atoms with E-state index < -0.39 is 10.7 Å². The second-order valence-corrected chi connectivity index (χ2v) is 4.23. The number of non-ortho nitro benzene ring substituents is 1. The molecule has 1 fully saturated rings. The van der Waals surface area contributed by atoms with Gasteiger partial charge in [-0.2, -0.15) is 5.26 Å². The van der Waals surface area contributed by atoms with Crippen molar-refractivity contribution in [2.45, 2.75) is 25.3 Å². The third-order valence-corrected chi connectivity index (χ3v) is 2.90. The van der Waals surface area contributed by atoms with E-state index in [1.54, 1.807) is 0 Å². The molecule has 0 heterocycles. The minimum absolute atomic E-state index is 0.257. The van der Waals surface area contributed by atoms with Crippen molar-refractivity contribution >= 4 is 11.4 Å². The Morgan fingerprint density at radius 1 is 1.56 bits per heavy atom. The fraction of sp³-hybridized carbons (Fsp3) is 0.417. The van der Waals surface area contributed by atoms with Crippen LogP contribution in [0, 0.1) is 27.3 Å². The summed E-state index contributed by atoms with van der Waals surface area (Å²) in [4.78, 5) is 11.7. The largest absolute Gasteiger partial charge is 0.365 e. The van der Waals surface area contributed by atoms with Crippen LogP contribution in [0.5, 0.6) is 0 Å². The van der Waals surface area contributed by atoms with Crippen LogP contribution in [-0.2, 0) is 0 Å². The molecule has 5 nitrogen and oxygen atoms in total. The quantitative estimate of drug-likeness (QED) is 0.594. The molecule has 0 amide bonds. The van der Waals surface area contributed by atoms with E-state index in [-0.39, 0.29) is 11.7 Å². The summed E-state index contributed by atoms with van der Waals surface area (Å²) in [5, 5.41) is 19.1. The van der Waals surface area contributed by atoms with E-state index in [0.29, 0.717) is 18.7 Å². The normalized spacial score (nSPS) is 14.0. The van der Waals surface area contributed by atoms with Gasteiger partial charge in [-0.3, -0.25) is 10.1 Å². The third-order valence-electron chi connectivity index (χ3n) is 2.90. The summed E-state index contributed by atoms with van der Waals surface area (Å²) in [5.41, 5.74) is 0.0885. The predicted molar refractivity (Wildman–Crippen MR) is 63.7 cm³/mol. The highest BCUT2D eigenvalue weighted by Gasteiger charge is 2.30. The van der Waals surface area contributed by atoms with Gasteiger partial charge in [0.1, 0.15) is 0 Å². The van der Waals surface area contributed by atoms with Crippen molar-refractivity contribution in [3.05, 3.63) is 34.1 Å². The fourth-order valence-corrected chi connectivity index (χ4v) is 1.90. The Bertz CT molecular complexity index is 509. The molecular formula is C12H12FN3O2. The van der Waals surface area contributed by atoms with Crippen molar-refractivity contribution in [2.24, 2.45) is 0 Å². The van der Waals surface area contributed by atoms with E-state index in [9.17, 15) is 14.5 Å². The highest BCUT2D eigenvalue weighted by molar-refractivity contribution is 5.54. The first kappa shape index (κ1) is 12.3. The Morgan fingerprint density at radius 2 is 2.28 bits per heavy atom. The van der Waals surface area contributed by atoms with Gasteiger partial charge in [-0.15, -0.1) is 0 Å². The Hall–Kier alpha value is -2.16. The smallest absolute Gasteiger partial charge is 0.272 e. The van der Waals surface area contributed by atoms with Gasteiger partial charge >= 0.3 is 0 Å². The van der Waals surface area contributed by atoms with Gasteiger partial charge < -0.3 is 4.90 Å². The average Bonchev–Trinajstić information content (AvgIpc) is 3.15. The molecule has 0 atom stereocenters. The van der Waals surface area contributed by atoms with Crippen LogP contribution in [0.15, 0.2) is 18.2 Å². The number of nitrogens with zero attached hydrogens (tertiary/aromatic N) is 3. The zero-order chi connectivity index (χ0) is 13.1. The third kappa shape index (κ3) is 2.56. The van der Waals surface area contributed by atoms with E-state index in [0.717, 1.165) is 18.9 Å².